The van der Waals surface area contributed by atoms with E-state index in [1.54, 1.807) is 19.1 Å². The van der Waals surface area contributed by atoms with Gasteiger partial charge in [0.15, 0.2) is 0 Å². The fourth-order valence-corrected chi connectivity index (χ4v) is 1.68. The molecule has 0 aliphatic carbocycles. The quantitative estimate of drug-likeness (QED) is 0.769. The van der Waals surface area contributed by atoms with E-state index in [1.807, 2.05) is 6.07 Å². The minimum atomic E-state index is -0.219. The molecule has 18 heavy (non-hydrogen) atoms. The number of nitrogens with one attached hydrogen (secondary N) is 2. The van der Waals surface area contributed by atoms with Crippen LogP contribution in [-0.2, 0) is 16.0 Å². The molecule has 0 spiro atoms. The molecule has 1 unspecified atom stereocenters. The van der Waals surface area contributed by atoms with Crippen molar-refractivity contribution >= 4 is 35.6 Å². The Balaban J connectivity index is 0.00000162. The van der Waals surface area contributed by atoms with Crippen LogP contribution in [0.5, 0.6) is 0 Å². The molecule has 2 rings (SSSR count). The summed E-state index contributed by atoms with van der Waals surface area (Å²) < 4.78 is 0. The van der Waals surface area contributed by atoms with Gasteiger partial charge in [-0.3, -0.25) is 9.59 Å². The van der Waals surface area contributed by atoms with Crippen LogP contribution >= 0.6 is 12.4 Å². The van der Waals surface area contributed by atoms with Gasteiger partial charge in [0.05, 0.1) is 6.42 Å². The number of rotatable bonds is 3. The summed E-state index contributed by atoms with van der Waals surface area (Å²) >= 11 is 0. The number of halogens is 1. The average molecular weight is 270 g/mol. The van der Waals surface area contributed by atoms with Crippen molar-refractivity contribution in [3.63, 3.8) is 0 Å². The third-order valence-corrected chi connectivity index (χ3v) is 2.80. The van der Waals surface area contributed by atoms with Crippen molar-refractivity contribution < 1.29 is 9.59 Å². The first-order valence-electron chi connectivity index (χ1n) is 5.54. The third-order valence-electron chi connectivity index (χ3n) is 2.80. The lowest BCUT2D eigenvalue weighted by molar-refractivity contribution is -0.119. The molecule has 6 heteroatoms. The number of hydrogen-bond donors (Lipinski definition) is 3. The molecule has 1 aliphatic heterocycles. The number of carbonyl (C=O) groups excluding carboxylic acids is 2. The number of anilines is 2. The Hall–Kier alpha value is -1.59. The summed E-state index contributed by atoms with van der Waals surface area (Å²) in [4.78, 5) is 22.8. The number of benzene rings is 1. The lowest BCUT2D eigenvalue weighted by Gasteiger charge is -2.10. The highest BCUT2D eigenvalue weighted by molar-refractivity contribution is 6.00. The molecule has 1 aliphatic rings. The van der Waals surface area contributed by atoms with Crippen molar-refractivity contribution in [2.75, 3.05) is 17.2 Å². The van der Waals surface area contributed by atoms with Crippen LogP contribution in [0.4, 0.5) is 11.4 Å². The van der Waals surface area contributed by atoms with Gasteiger partial charge in [-0.2, -0.15) is 0 Å². The van der Waals surface area contributed by atoms with Crippen LogP contribution in [0.2, 0.25) is 0 Å². The van der Waals surface area contributed by atoms with Crippen LogP contribution in [0.25, 0.3) is 0 Å². The van der Waals surface area contributed by atoms with Crippen LogP contribution in [0, 0.1) is 5.92 Å². The lowest BCUT2D eigenvalue weighted by Crippen LogP contribution is -2.26. The topological polar surface area (TPSA) is 84.2 Å². The largest absolute Gasteiger partial charge is 0.330 e. The average Bonchev–Trinajstić information content (AvgIpc) is 2.67. The number of carbonyl (C=O) groups is 2. The first-order chi connectivity index (χ1) is 8.10. The molecule has 0 saturated heterocycles. The summed E-state index contributed by atoms with van der Waals surface area (Å²) in [7, 11) is 0. The molecule has 1 aromatic rings. The molecular weight excluding hydrogens is 254 g/mol. The minimum absolute atomic E-state index is 0. The summed E-state index contributed by atoms with van der Waals surface area (Å²) in [6, 6.07) is 5.38. The van der Waals surface area contributed by atoms with Crippen LogP contribution in [0.1, 0.15) is 12.5 Å². The van der Waals surface area contributed by atoms with Gasteiger partial charge in [-0.15, -0.1) is 12.4 Å². The van der Waals surface area contributed by atoms with Gasteiger partial charge < -0.3 is 16.4 Å². The van der Waals surface area contributed by atoms with E-state index in [9.17, 15) is 9.59 Å². The monoisotopic (exact) mass is 269 g/mol. The molecule has 1 aromatic carbocycles. The van der Waals surface area contributed by atoms with Gasteiger partial charge in [0.1, 0.15) is 0 Å². The van der Waals surface area contributed by atoms with E-state index in [0.29, 0.717) is 18.7 Å². The highest BCUT2D eigenvalue weighted by atomic mass is 35.5. The highest BCUT2D eigenvalue weighted by Gasteiger charge is 2.18. The molecule has 2 amide bonds. The van der Waals surface area contributed by atoms with Gasteiger partial charge in [-0.1, -0.05) is 6.92 Å². The molecule has 0 saturated carbocycles. The van der Waals surface area contributed by atoms with E-state index in [-0.39, 0.29) is 30.1 Å². The fourth-order valence-electron chi connectivity index (χ4n) is 1.68. The summed E-state index contributed by atoms with van der Waals surface area (Å²) in [6.45, 7) is 2.09. The van der Waals surface area contributed by atoms with Gasteiger partial charge in [-0.05, 0) is 23.8 Å². The Morgan fingerprint density at radius 2 is 2.28 bits per heavy atom. The number of fused-ring (bicyclic) bond motifs is 1. The molecule has 0 aromatic heterocycles. The van der Waals surface area contributed by atoms with E-state index < -0.39 is 0 Å². The second kappa shape index (κ2) is 5.84. The smallest absolute Gasteiger partial charge is 0.228 e. The van der Waals surface area contributed by atoms with Crippen LogP contribution in [-0.4, -0.2) is 18.4 Å². The second-order valence-electron chi connectivity index (χ2n) is 4.22. The molecule has 0 radical (unpaired) electrons. The standard InChI is InChI=1S/C12H15N3O2.ClH/c1-7(6-13)12(17)14-9-2-3-10-8(4-9)5-11(16)15-10;/h2-4,7H,5-6,13H2,1H3,(H,14,17)(H,15,16);1H. The first-order valence-corrected chi connectivity index (χ1v) is 5.54. The van der Waals surface area contributed by atoms with Crippen LogP contribution in [0.15, 0.2) is 18.2 Å². The molecule has 0 fully saturated rings. The van der Waals surface area contributed by atoms with Crippen molar-refractivity contribution in [3.8, 4) is 0 Å². The zero-order valence-electron chi connectivity index (χ0n) is 10.0. The zero-order chi connectivity index (χ0) is 12.4. The SMILES string of the molecule is CC(CN)C(=O)Nc1ccc2c(c1)CC(=O)N2.Cl. The molecule has 5 nitrogen and oxygen atoms in total. The van der Waals surface area contributed by atoms with Gasteiger partial charge in [0, 0.05) is 23.8 Å². The van der Waals surface area contributed by atoms with Crippen molar-refractivity contribution in [2.45, 2.75) is 13.3 Å². The highest BCUT2D eigenvalue weighted by Crippen LogP contribution is 2.26. The summed E-state index contributed by atoms with van der Waals surface area (Å²) in [6.07, 6.45) is 0.367. The normalized spacial score (nSPS) is 14.2. The van der Waals surface area contributed by atoms with Crippen molar-refractivity contribution in [1.29, 1.82) is 0 Å². The van der Waals surface area contributed by atoms with Crippen molar-refractivity contribution in [1.82, 2.24) is 0 Å². The van der Waals surface area contributed by atoms with E-state index in [2.05, 4.69) is 10.6 Å². The maximum Gasteiger partial charge on any atom is 0.228 e. The van der Waals surface area contributed by atoms with E-state index in [4.69, 9.17) is 5.73 Å². The van der Waals surface area contributed by atoms with Gasteiger partial charge >= 0.3 is 0 Å². The Labute approximate surface area is 112 Å². The molecule has 1 atom stereocenters. The van der Waals surface area contributed by atoms with Gasteiger partial charge in [-0.25, -0.2) is 0 Å². The van der Waals surface area contributed by atoms with Gasteiger partial charge in [0.2, 0.25) is 11.8 Å². The molecule has 1 heterocycles. The summed E-state index contributed by atoms with van der Waals surface area (Å²) in [5, 5.41) is 5.52. The molecule has 4 N–H and O–H groups in total. The maximum absolute atomic E-state index is 11.6. The number of nitrogens with two attached hydrogens (primary N) is 1. The van der Waals surface area contributed by atoms with Crippen LogP contribution in [0.3, 0.4) is 0 Å². The summed E-state index contributed by atoms with van der Waals surface area (Å²) in [5.74, 6) is -0.341. The lowest BCUT2D eigenvalue weighted by atomic mass is 10.1. The first kappa shape index (κ1) is 14.5. The fraction of sp³-hybridized carbons (Fsp3) is 0.333. The van der Waals surface area contributed by atoms with E-state index in [1.165, 1.54) is 0 Å². The summed E-state index contributed by atoms with van der Waals surface area (Å²) in [5.41, 5.74) is 7.85. The predicted molar refractivity (Wildman–Crippen MR) is 72.9 cm³/mol. The minimum Gasteiger partial charge on any atom is -0.330 e. The molecule has 98 valence electrons. The van der Waals surface area contributed by atoms with Gasteiger partial charge in [0.25, 0.3) is 0 Å². The predicted octanol–water partition coefficient (Wildman–Crippen LogP) is 1.14. The Morgan fingerprint density at radius 1 is 1.56 bits per heavy atom. The Bertz CT molecular complexity index is 476. The number of hydrogen-bond acceptors (Lipinski definition) is 3. The zero-order valence-corrected chi connectivity index (χ0v) is 10.8. The molecule has 0 bridgehead atoms. The second-order valence-corrected chi connectivity index (χ2v) is 4.22. The maximum atomic E-state index is 11.6. The van der Waals surface area contributed by atoms with E-state index >= 15 is 0 Å². The number of amides is 2. The van der Waals surface area contributed by atoms with E-state index in [0.717, 1.165) is 11.3 Å². The van der Waals surface area contributed by atoms with Crippen LogP contribution < -0.4 is 16.4 Å². The Kier molecular flexibility index (Phi) is 4.69. The molecular formula is C12H16ClN3O2. The third kappa shape index (κ3) is 3.00. The van der Waals surface area contributed by atoms with Crippen molar-refractivity contribution in [2.24, 2.45) is 11.7 Å². The van der Waals surface area contributed by atoms with Crippen molar-refractivity contribution in [3.05, 3.63) is 23.8 Å². The Morgan fingerprint density at radius 3 is 2.94 bits per heavy atom.